The zero-order chi connectivity index (χ0) is 18.7. The van der Waals surface area contributed by atoms with E-state index in [-0.39, 0.29) is 24.5 Å². The molecule has 2 aliphatic heterocycles. The van der Waals surface area contributed by atoms with E-state index in [2.05, 4.69) is 0 Å². The predicted molar refractivity (Wildman–Crippen MR) is 95.8 cm³/mol. The Bertz CT molecular complexity index is 711. The average molecular weight is 359 g/mol. The van der Waals surface area contributed by atoms with Crippen LogP contribution in [0, 0.1) is 6.92 Å². The topological polar surface area (TPSA) is 92.9 Å². The molecule has 2 N–H and O–H groups in total. The van der Waals surface area contributed by atoms with Crippen LogP contribution in [0.2, 0.25) is 0 Å². The molecular formula is C19H25N3O4. The van der Waals surface area contributed by atoms with Crippen molar-refractivity contribution in [3.8, 4) is 0 Å². The van der Waals surface area contributed by atoms with Crippen LogP contribution in [0.15, 0.2) is 18.2 Å². The number of likely N-dealkylation sites (tertiary alicyclic amines) is 1. The highest BCUT2D eigenvalue weighted by Crippen LogP contribution is 2.24. The predicted octanol–water partition coefficient (Wildman–Crippen LogP) is 0.947. The number of amides is 3. The Balaban J connectivity index is 1.55. The van der Waals surface area contributed by atoms with Crippen LogP contribution in [0.5, 0.6) is 0 Å². The number of fused-ring (bicyclic) bond motifs is 1. The summed E-state index contributed by atoms with van der Waals surface area (Å²) in [6, 6.07) is 5.15. The third-order valence-electron chi connectivity index (χ3n) is 4.92. The lowest BCUT2D eigenvalue weighted by Gasteiger charge is -2.32. The lowest BCUT2D eigenvalue weighted by Crippen LogP contribution is -2.46. The number of rotatable bonds is 6. The summed E-state index contributed by atoms with van der Waals surface area (Å²) in [5.74, 6) is -0.975. The van der Waals surface area contributed by atoms with Gasteiger partial charge < -0.3 is 15.4 Å². The van der Waals surface area contributed by atoms with Crippen molar-refractivity contribution in [1.82, 2.24) is 9.80 Å². The molecule has 2 heterocycles. The minimum absolute atomic E-state index is 0.146. The highest BCUT2D eigenvalue weighted by molar-refractivity contribution is 6.22. The summed E-state index contributed by atoms with van der Waals surface area (Å²) < 4.78 is 5.74. The van der Waals surface area contributed by atoms with Crippen molar-refractivity contribution >= 4 is 17.7 Å². The van der Waals surface area contributed by atoms with Crippen molar-refractivity contribution < 1.29 is 19.1 Å². The number of hydrogen-bond acceptors (Lipinski definition) is 5. The van der Waals surface area contributed by atoms with E-state index < -0.39 is 5.91 Å². The Morgan fingerprint density at radius 2 is 1.88 bits per heavy atom. The summed E-state index contributed by atoms with van der Waals surface area (Å²) in [5, 5.41) is 0. The molecule has 2 aliphatic rings. The van der Waals surface area contributed by atoms with Gasteiger partial charge in [0.15, 0.2) is 0 Å². The number of carbonyl (C=O) groups is 3. The fourth-order valence-corrected chi connectivity index (χ4v) is 3.39. The highest BCUT2D eigenvalue weighted by Gasteiger charge is 2.37. The molecule has 0 saturated carbocycles. The van der Waals surface area contributed by atoms with E-state index in [9.17, 15) is 14.4 Å². The van der Waals surface area contributed by atoms with E-state index >= 15 is 0 Å². The second-order valence-electron chi connectivity index (χ2n) is 6.84. The fourth-order valence-electron chi connectivity index (χ4n) is 3.39. The summed E-state index contributed by atoms with van der Waals surface area (Å²) >= 11 is 0. The van der Waals surface area contributed by atoms with Gasteiger partial charge in [0.25, 0.3) is 11.8 Å². The summed E-state index contributed by atoms with van der Waals surface area (Å²) in [6.45, 7) is 4.07. The van der Waals surface area contributed by atoms with Crippen molar-refractivity contribution in [1.29, 1.82) is 0 Å². The molecule has 0 radical (unpaired) electrons. The number of ether oxygens (including phenoxy) is 1. The Kier molecular flexibility index (Phi) is 5.68. The molecule has 0 bridgehead atoms. The Hall–Kier alpha value is -2.25. The lowest BCUT2D eigenvalue weighted by molar-refractivity contribution is -0.134. The molecule has 0 unspecified atom stereocenters. The molecule has 7 heteroatoms. The van der Waals surface area contributed by atoms with Crippen LogP contribution >= 0.6 is 0 Å². The number of benzene rings is 1. The third kappa shape index (κ3) is 3.78. The maximum absolute atomic E-state index is 12.6. The maximum atomic E-state index is 12.6. The Morgan fingerprint density at radius 3 is 2.58 bits per heavy atom. The monoisotopic (exact) mass is 359 g/mol. The molecule has 1 aromatic carbocycles. The molecule has 0 atom stereocenters. The second-order valence-corrected chi connectivity index (χ2v) is 6.84. The van der Waals surface area contributed by atoms with Gasteiger partial charge in [-0.15, -0.1) is 0 Å². The van der Waals surface area contributed by atoms with Gasteiger partial charge in [0, 0.05) is 19.7 Å². The smallest absolute Gasteiger partial charge is 0.262 e. The van der Waals surface area contributed by atoms with Crippen LogP contribution in [0.4, 0.5) is 0 Å². The van der Waals surface area contributed by atoms with Crippen LogP contribution in [-0.2, 0) is 9.53 Å². The van der Waals surface area contributed by atoms with Crippen molar-refractivity contribution in [2.45, 2.75) is 32.3 Å². The van der Waals surface area contributed by atoms with E-state index in [0.717, 1.165) is 29.7 Å². The molecule has 26 heavy (non-hydrogen) atoms. The van der Waals surface area contributed by atoms with Crippen LogP contribution in [-0.4, -0.2) is 66.4 Å². The fraction of sp³-hybridized carbons (Fsp3) is 0.526. The third-order valence-corrected chi connectivity index (χ3v) is 4.92. The van der Waals surface area contributed by atoms with Crippen LogP contribution in [0.25, 0.3) is 0 Å². The number of imide groups is 1. The van der Waals surface area contributed by atoms with Crippen molar-refractivity contribution in [3.05, 3.63) is 34.9 Å². The van der Waals surface area contributed by atoms with Crippen molar-refractivity contribution in [2.75, 3.05) is 32.8 Å². The van der Waals surface area contributed by atoms with E-state index in [1.165, 1.54) is 0 Å². The molecule has 1 saturated heterocycles. The van der Waals surface area contributed by atoms with Gasteiger partial charge in [0.2, 0.25) is 5.91 Å². The molecule has 1 aromatic rings. The van der Waals surface area contributed by atoms with Gasteiger partial charge in [0.05, 0.1) is 17.2 Å². The number of piperidine rings is 1. The van der Waals surface area contributed by atoms with Gasteiger partial charge in [-0.25, -0.2) is 0 Å². The van der Waals surface area contributed by atoms with Crippen LogP contribution in [0.3, 0.4) is 0 Å². The van der Waals surface area contributed by atoms with Gasteiger partial charge in [0.1, 0.15) is 6.54 Å². The summed E-state index contributed by atoms with van der Waals surface area (Å²) in [5.41, 5.74) is 7.12. The van der Waals surface area contributed by atoms with Gasteiger partial charge >= 0.3 is 0 Å². The maximum Gasteiger partial charge on any atom is 0.262 e. The number of hydrogen-bond donors (Lipinski definition) is 1. The van der Waals surface area contributed by atoms with E-state index in [0.29, 0.717) is 37.4 Å². The van der Waals surface area contributed by atoms with E-state index in [4.69, 9.17) is 10.5 Å². The highest BCUT2D eigenvalue weighted by atomic mass is 16.5. The quantitative estimate of drug-likeness (QED) is 0.603. The van der Waals surface area contributed by atoms with Gasteiger partial charge in [-0.1, -0.05) is 11.6 Å². The lowest BCUT2D eigenvalue weighted by atomic mass is 10.1. The zero-order valence-corrected chi connectivity index (χ0v) is 15.1. The molecule has 1 fully saturated rings. The summed E-state index contributed by atoms with van der Waals surface area (Å²) in [6.07, 6.45) is 2.50. The standard InChI is InChI=1S/C19H25N3O4/c1-13-3-4-15-16(11-13)19(25)22(18(15)24)12-17(23)21-8-5-14(6-9-21)26-10-2-7-20/h3-4,11,14H,2,5-10,12,20H2,1H3. The SMILES string of the molecule is Cc1ccc2c(c1)C(=O)N(CC(=O)N1CCC(OCCCN)CC1)C2=O. The van der Waals surface area contributed by atoms with E-state index in [1.54, 1.807) is 23.1 Å². The number of aryl methyl sites for hydroxylation is 1. The van der Waals surface area contributed by atoms with Gasteiger partial charge in [-0.3, -0.25) is 19.3 Å². The normalized spacial score (nSPS) is 17.8. The van der Waals surface area contributed by atoms with Crippen LogP contribution in [0.1, 0.15) is 45.5 Å². The van der Waals surface area contributed by atoms with Crippen LogP contribution < -0.4 is 5.73 Å². The summed E-state index contributed by atoms with van der Waals surface area (Å²) in [4.78, 5) is 40.2. The molecule has 0 spiro atoms. The minimum Gasteiger partial charge on any atom is -0.378 e. The zero-order valence-electron chi connectivity index (χ0n) is 15.1. The second kappa shape index (κ2) is 7.97. The number of carbonyl (C=O) groups excluding carboxylic acids is 3. The molecule has 7 nitrogen and oxygen atoms in total. The first kappa shape index (κ1) is 18.5. The van der Waals surface area contributed by atoms with E-state index in [1.807, 2.05) is 6.92 Å². The first-order valence-corrected chi connectivity index (χ1v) is 9.07. The van der Waals surface area contributed by atoms with Crippen molar-refractivity contribution in [2.24, 2.45) is 5.73 Å². The first-order chi connectivity index (χ1) is 12.5. The molecule has 3 rings (SSSR count). The Morgan fingerprint density at radius 1 is 1.19 bits per heavy atom. The minimum atomic E-state index is -0.390. The molecule has 3 amide bonds. The van der Waals surface area contributed by atoms with Crippen molar-refractivity contribution in [3.63, 3.8) is 0 Å². The number of nitrogens with zero attached hydrogens (tertiary/aromatic N) is 2. The number of nitrogens with two attached hydrogens (primary N) is 1. The molecule has 0 aliphatic carbocycles. The summed E-state index contributed by atoms with van der Waals surface area (Å²) in [7, 11) is 0. The van der Waals surface area contributed by atoms with Gasteiger partial charge in [-0.2, -0.15) is 0 Å². The first-order valence-electron chi connectivity index (χ1n) is 9.07. The molecule has 140 valence electrons. The molecular weight excluding hydrogens is 334 g/mol. The van der Waals surface area contributed by atoms with Gasteiger partial charge in [-0.05, 0) is 44.9 Å². The average Bonchev–Trinajstić information content (AvgIpc) is 2.87. The largest absolute Gasteiger partial charge is 0.378 e. The Labute approximate surface area is 153 Å². The molecule has 0 aromatic heterocycles.